The van der Waals surface area contributed by atoms with Crippen molar-refractivity contribution >= 4 is 53.9 Å². The maximum atomic E-state index is 5.17. The molecule has 2 aromatic heterocycles. The van der Waals surface area contributed by atoms with Gasteiger partial charge in [-0.25, -0.2) is 15.0 Å². The molecule has 0 saturated heterocycles. The average Bonchev–Trinajstić information content (AvgIpc) is 3.35. The van der Waals surface area contributed by atoms with Crippen molar-refractivity contribution in [1.82, 2.24) is 19.9 Å². The fourth-order valence-electron chi connectivity index (χ4n) is 9.06. The summed E-state index contributed by atoms with van der Waals surface area (Å²) in [6, 6.07) is 73.5. The van der Waals surface area contributed by atoms with E-state index in [1.54, 1.807) is 0 Å². The van der Waals surface area contributed by atoms with Gasteiger partial charge in [0.2, 0.25) is 0 Å². The lowest BCUT2D eigenvalue weighted by Gasteiger charge is -2.14. The summed E-state index contributed by atoms with van der Waals surface area (Å²) in [5, 5.41) is 12.1. The van der Waals surface area contributed by atoms with Gasteiger partial charge in [0.05, 0.1) is 0 Å². The third kappa shape index (κ3) is 6.25. The van der Waals surface area contributed by atoms with Gasteiger partial charge in [-0.3, -0.25) is 4.98 Å². The Labute approximate surface area is 358 Å². The van der Waals surface area contributed by atoms with E-state index >= 15 is 0 Å². The van der Waals surface area contributed by atoms with Gasteiger partial charge in [-0.1, -0.05) is 182 Å². The van der Waals surface area contributed by atoms with Crippen LogP contribution in [-0.2, 0) is 0 Å². The molecule has 62 heavy (non-hydrogen) atoms. The highest BCUT2D eigenvalue weighted by Gasteiger charge is 2.16. The van der Waals surface area contributed by atoms with Crippen molar-refractivity contribution in [2.75, 3.05) is 0 Å². The fraction of sp³-hybridized carbons (Fsp3) is 0. The third-order valence-electron chi connectivity index (χ3n) is 12.2. The molecular weight excluding hydrogens is 753 g/mol. The molecule has 0 aliphatic carbocycles. The van der Waals surface area contributed by atoms with Crippen molar-refractivity contribution in [1.29, 1.82) is 0 Å². The average molecular weight is 789 g/mol. The van der Waals surface area contributed by atoms with Crippen LogP contribution in [0.15, 0.2) is 219 Å². The maximum Gasteiger partial charge on any atom is 0.164 e. The topological polar surface area (TPSA) is 51.6 Å². The van der Waals surface area contributed by atoms with Crippen LogP contribution in [0, 0.1) is 0 Å². The van der Waals surface area contributed by atoms with Crippen LogP contribution in [0.5, 0.6) is 0 Å². The molecule has 0 radical (unpaired) electrons. The molecule has 10 aromatic carbocycles. The highest BCUT2D eigenvalue weighted by Crippen LogP contribution is 2.39. The Morgan fingerprint density at radius 1 is 0.242 bits per heavy atom. The smallest absolute Gasteiger partial charge is 0.164 e. The molecule has 0 aliphatic rings. The largest absolute Gasteiger partial charge is 0.264 e. The van der Waals surface area contributed by atoms with E-state index in [1.165, 1.54) is 54.2 Å². The normalized spacial score (nSPS) is 11.5. The molecule has 0 fully saturated rings. The van der Waals surface area contributed by atoms with Crippen molar-refractivity contribution in [3.8, 4) is 67.5 Å². The Morgan fingerprint density at radius 2 is 0.597 bits per heavy atom. The third-order valence-corrected chi connectivity index (χ3v) is 12.2. The molecule has 0 atom stereocenters. The second-order valence-corrected chi connectivity index (χ2v) is 15.9. The SMILES string of the molecule is c1ccc2c(-c3ccc(-c4nc(-c5ccc(-c6ccc7cnccc7c6)cc5)nc(-c5ccc(-c6c7ccccc7cc7ccccc67)cc5)n4)cc3)c3ccccc3cc2c1. The lowest BCUT2D eigenvalue weighted by Crippen LogP contribution is -2.00. The summed E-state index contributed by atoms with van der Waals surface area (Å²) in [7, 11) is 0. The summed E-state index contributed by atoms with van der Waals surface area (Å²) in [4.78, 5) is 19.7. The van der Waals surface area contributed by atoms with Crippen molar-refractivity contribution in [2.45, 2.75) is 0 Å². The van der Waals surface area contributed by atoms with E-state index in [-0.39, 0.29) is 0 Å². The van der Waals surface area contributed by atoms with Gasteiger partial charge in [0.15, 0.2) is 17.5 Å². The second kappa shape index (κ2) is 14.7. The van der Waals surface area contributed by atoms with Crippen molar-refractivity contribution in [3.63, 3.8) is 0 Å². The van der Waals surface area contributed by atoms with E-state index in [4.69, 9.17) is 15.0 Å². The Morgan fingerprint density at radius 3 is 1.02 bits per heavy atom. The Balaban J connectivity index is 0.969. The molecule has 2 heterocycles. The van der Waals surface area contributed by atoms with Gasteiger partial charge in [-0.15, -0.1) is 0 Å². The zero-order valence-electron chi connectivity index (χ0n) is 33.6. The summed E-state index contributed by atoms with van der Waals surface area (Å²) < 4.78 is 0. The van der Waals surface area contributed by atoms with Crippen LogP contribution >= 0.6 is 0 Å². The molecule has 0 aliphatic heterocycles. The molecule has 0 spiro atoms. The van der Waals surface area contributed by atoms with Gasteiger partial charge < -0.3 is 0 Å². The number of rotatable bonds is 6. The molecule has 0 bridgehead atoms. The Bertz CT molecular complexity index is 3380. The lowest BCUT2D eigenvalue weighted by molar-refractivity contribution is 1.07. The number of hydrogen-bond donors (Lipinski definition) is 0. The Hall–Kier alpha value is -8.34. The standard InChI is InChI=1S/C58H36N4/c1-5-13-50-45(9-1)34-46-10-2-6-14-51(46)54(50)38-19-25-41(26-20-38)57-60-56(40-23-17-37(18-24-40)43-29-30-49-36-59-32-31-44(49)33-43)61-58(62-57)42-27-21-39(22-28-42)55-52-15-7-3-11-47(52)35-48-12-4-8-16-53(48)55/h1-36H. The van der Waals surface area contributed by atoms with Crippen molar-refractivity contribution < 1.29 is 0 Å². The molecule has 0 amide bonds. The van der Waals surface area contributed by atoms with Gasteiger partial charge in [-0.2, -0.15) is 0 Å². The molecule has 0 saturated carbocycles. The highest BCUT2D eigenvalue weighted by atomic mass is 15.0. The summed E-state index contributed by atoms with van der Waals surface area (Å²) in [5.74, 6) is 1.86. The molecule has 0 unspecified atom stereocenters. The minimum absolute atomic E-state index is 0.620. The molecule has 4 nitrogen and oxygen atoms in total. The van der Waals surface area contributed by atoms with Gasteiger partial charge >= 0.3 is 0 Å². The van der Waals surface area contributed by atoms with Crippen LogP contribution in [0.2, 0.25) is 0 Å². The van der Waals surface area contributed by atoms with E-state index in [1.807, 2.05) is 12.4 Å². The van der Waals surface area contributed by atoms with Crippen LogP contribution in [0.25, 0.3) is 121 Å². The Kier molecular flexibility index (Phi) is 8.46. The molecule has 12 aromatic rings. The van der Waals surface area contributed by atoms with E-state index < -0.39 is 0 Å². The van der Waals surface area contributed by atoms with E-state index in [0.29, 0.717) is 17.5 Å². The first-order valence-electron chi connectivity index (χ1n) is 20.9. The predicted octanol–water partition coefficient (Wildman–Crippen LogP) is 15.0. The molecule has 12 rings (SSSR count). The predicted molar refractivity (Wildman–Crippen MR) is 258 cm³/mol. The van der Waals surface area contributed by atoms with E-state index in [2.05, 4.69) is 211 Å². The van der Waals surface area contributed by atoms with Crippen LogP contribution in [0.4, 0.5) is 0 Å². The van der Waals surface area contributed by atoms with Gasteiger partial charge in [0, 0.05) is 34.5 Å². The zero-order chi connectivity index (χ0) is 41.0. The first-order chi connectivity index (χ1) is 30.7. The maximum absolute atomic E-state index is 5.17. The molecular formula is C58H36N4. The monoisotopic (exact) mass is 788 g/mol. The van der Waals surface area contributed by atoms with Crippen LogP contribution in [-0.4, -0.2) is 19.9 Å². The lowest BCUT2D eigenvalue weighted by atomic mass is 9.91. The molecule has 4 heteroatoms. The summed E-state index contributed by atoms with van der Waals surface area (Å²) in [5.41, 5.74) is 9.77. The number of benzene rings is 10. The minimum Gasteiger partial charge on any atom is -0.264 e. The highest BCUT2D eigenvalue weighted by molar-refractivity contribution is 6.14. The van der Waals surface area contributed by atoms with Crippen LogP contribution < -0.4 is 0 Å². The number of pyridine rings is 1. The quantitative estimate of drug-likeness (QED) is 0.158. The minimum atomic E-state index is 0.620. The first kappa shape index (κ1) is 35.6. The molecule has 288 valence electrons. The van der Waals surface area contributed by atoms with Crippen LogP contribution in [0.3, 0.4) is 0 Å². The number of aromatic nitrogens is 4. The molecule has 0 N–H and O–H groups in total. The summed E-state index contributed by atoms with van der Waals surface area (Å²) in [6.45, 7) is 0. The number of nitrogens with zero attached hydrogens (tertiary/aromatic N) is 4. The summed E-state index contributed by atoms with van der Waals surface area (Å²) in [6.07, 6.45) is 3.74. The van der Waals surface area contributed by atoms with Crippen LogP contribution in [0.1, 0.15) is 0 Å². The second-order valence-electron chi connectivity index (χ2n) is 15.9. The van der Waals surface area contributed by atoms with Crippen molar-refractivity contribution in [3.05, 3.63) is 219 Å². The van der Waals surface area contributed by atoms with Crippen molar-refractivity contribution in [2.24, 2.45) is 0 Å². The van der Waals surface area contributed by atoms with Gasteiger partial charge in [0.25, 0.3) is 0 Å². The zero-order valence-corrected chi connectivity index (χ0v) is 33.6. The number of hydrogen-bond acceptors (Lipinski definition) is 4. The summed E-state index contributed by atoms with van der Waals surface area (Å²) >= 11 is 0. The van der Waals surface area contributed by atoms with E-state index in [9.17, 15) is 0 Å². The van der Waals surface area contributed by atoms with Gasteiger partial charge in [-0.05, 0) is 106 Å². The number of fused-ring (bicyclic) bond motifs is 5. The fourth-order valence-corrected chi connectivity index (χ4v) is 9.06. The van der Waals surface area contributed by atoms with Gasteiger partial charge in [0.1, 0.15) is 0 Å². The first-order valence-corrected chi connectivity index (χ1v) is 20.9. The van der Waals surface area contributed by atoms with E-state index in [0.717, 1.165) is 49.7 Å².